The van der Waals surface area contributed by atoms with Gasteiger partial charge in [0, 0.05) is 25.9 Å². The van der Waals surface area contributed by atoms with E-state index in [1.807, 2.05) is 6.07 Å². The van der Waals surface area contributed by atoms with Crippen LogP contribution in [0.1, 0.15) is 12.0 Å². The van der Waals surface area contributed by atoms with Crippen molar-refractivity contribution >= 4 is 11.8 Å². The van der Waals surface area contributed by atoms with Gasteiger partial charge in [-0.1, -0.05) is 6.07 Å². The number of hydrogen-bond acceptors (Lipinski definition) is 5. The maximum Gasteiger partial charge on any atom is 0.246 e. The number of likely N-dealkylation sites (tertiary alicyclic amines) is 1. The Morgan fingerprint density at radius 3 is 2.78 bits per heavy atom. The predicted octanol–water partition coefficient (Wildman–Crippen LogP) is -0.0629. The number of carbonyl (C=O) groups excluding carboxylic acids is 2. The Morgan fingerprint density at radius 2 is 2.28 bits per heavy atom. The summed E-state index contributed by atoms with van der Waals surface area (Å²) in [5.41, 5.74) is 0.936. The quantitative estimate of drug-likeness (QED) is 0.757. The summed E-state index contributed by atoms with van der Waals surface area (Å²) in [5, 5.41) is 3.05. The third-order valence-electron chi connectivity index (χ3n) is 2.94. The summed E-state index contributed by atoms with van der Waals surface area (Å²) in [6.07, 6.45) is 1.90. The van der Waals surface area contributed by atoms with Crippen LogP contribution in [0.3, 0.4) is 0 Å². The Morgan fingerprint density at radius 1 is 1.50 bits per heavy atom. The number of carbonyl (C=O) groups is 2. The van der Waals surface area contributed by atoms with Crippen LogP contribution in [0, 0.1) is 0 Å². The lowest BCUT2D eigenvalue weighted by Gasteiger charge is -2.10. The van der Waals surface area contributed by atoms with E-state index in [1.54, 1.807) is 19.4 Å². The van der Waals surface area contributed by atoms with E-state index in [9.17, 15) is 9.59 Å². The number of aromatic nitrogens is 1. The topological polar surface area (TPSA) is 71.5 Å². The van der Waals surface area contributed by atoms with E-state index < -0.39 is 6.04 Å². The lowest BCUT2D eigenvalue weighted by atomic mass is 10.2. The molecule has 18 heavy (non-hydrogen) atoms. The van der Waals surface area contributed by atoms with Crippen LogP contribution in [0.25, 0.3) is 0 Å². The Labute approximate surface area is 105 Å². The second kappa shape index (κ2) is 5.14. The van der Waals surface area contributed by atoms with Gasteiger partial charge >= 0.3 is 0 Å². The number of ether oxygens (including phenoxy) is 1. The number of rotatable bonds is 4. The van der Waals surface area contributed by atoms with E-state index in [0.29, 0.717) is 12.4 Å². The zero-order valence-corrected chi connectivity index (χ0v) is 10.3. The molecule has 0 spiro atoms. The molecule has 0 aliphatic carbocycles. The normalized spacial score (nSPS) is 19.4. The van der Waals surface area contributed by atoms with Crippen LogP contribution in [0.15, 0.2) is 18.3 Å². The molecule has 1 aromatic rings. The molecule has 6 heteroatoms. The maximum absolute atomic E-state index is 11.6. The third-order valence-corrected chi connectivity index (χ3v) is 2.94. The number of nitrogens with zero attached hydrogens (tertiary/aromatic N) is 2. The van der Waals surface area contributed by atoms with Crippen molar-refractivity contribution in [2.24, 2.45) is 0 Å². The lowest BCUT2D eigenvalue weighted by Crippen LogP contribution is -2.36. The summed E-state index contributed by atoms with van der Waals surface area (Å²) >= 11 is 0. The van der Waals surface area contributed by atoms with Crippen LogP contribution in [0.4, 0.5) is 0 Å². The van der Waals surface area contributed by atoms with E-state index >= 15 is 0 Å². The first-order chi connectivity index (χ1) is 8.61. The second-order valence-corrected chi connectivity index (χ2v) is 4.14. The van der Waals surface area contributed by atoms with Crippen molar-refractivity contribution in [1.29, 1.82) is 0 Å². The summed E-state index contributed by atoms with van der Waals surface area (Å²) in [5.74, 6) is 0.220. The van der Waals surface area contributed by atoms with Crippen LogP contribution in [-0.2, 0) is 16.1 Å². The van der Waals surface area contributed by atoms with Crippen LogP contribution in [0.2, 0.25) is 0 Å². The molecule has 96 valence electrons. The fourth-order valence-corrected chi connectivity index (χ4v) is 1.79. The van der Waals surface area contributed by atoms with E-state index in [4.69, 9.17) is 4.74 Å². The summed E-state index contributed by atoms with van der Waals surface area (Å²) in [6.45, 7) is 0.495. The highest BCUT2D eigenvalue weighted by Gasteiger charge is 2.35. The van der Waals surface area contributed by atoms with Crippen molar-refractivity contribution in [1.82, 2.24) is 15.2 Å². The molecule has 1 aliphatic rings. The highest BCUT2D eigenvalue weighted by molar-refractivity contribution is 6.05. The molecule has 1 aromatic heterocycles. The minimum atomic E-state index is -0.426. The van der Waals surface area contributed by atoms with E-state index in [1.165, 1.54) is 7.05 Å². The molecule has 1 saturated heterocycles. The largest absolute Gasteiger partial charge is 0.481 e. The molecule has 1 fully saturated rings. The molecule has 0 bridgehead atoms. The van der Waals surface area contributed by atoms with E-state index in [0.717, 1.165) is 10.5 Å². The van der Waals surface area contributed by atoms with Crippen LogP contribution in [-0.4, -0.2) is 41.9 Å². The summed E-state index contributed by atoms with van der Waals surface area (Å²) in [7, 11) is 3.06. The first-order valence-corrected chi connectivity index (χ1v) is 5.64. The van der Waals surface area contributed by atoms with Crippen molar-refractivity contribution < 1.29 is 14.3 Å². The van der Waals surface area contributed by atoms with Crippen LogP contribution >= 0.6 is 0 Å². The Bertz CT molecular complexity index is 458. The van der Waals surface area contributed by atoms with Gasteiger partial charge < -0.3 is 10.1 Å². The van der Waals surface area contributed by atoms with Gasteiger partial charge in [0.25, 0.3) is 0 Å². The minimum Gasteiger partial charge on any atom is -0.481 e. The molecule has 0 radical (unpaired) electrons. The first-order valence-electron chi connectivity index (χ1n) is 5.64. The molecule has 2 heterocycles. The molecule has 6 nitrogen and oxygen atoms in total. The van der Waals surface area contributed by atoms with Crippen molar-refractivity contribution in [3.8, 4) is 5.88 Å². The zero-order valence-electron chi connectivity index (χ0n) is 10.3. The molecule has 1 N–H and O–H groups in total. The summed E-state index contributed by atoms with van der Waals surface area (Å²) in [4.78, 5) is 28.2. The number of imide groups is 1. The van der Waals surface area contributed by atoms with Gasteiger partial charge in [-0.3, -0.25) is 14.5 Å². The van der Waals surface area contributed by atoms with Gasteiger partial charge in [0.15, 0.2) is 0 Å². The zero-order chi connectivity index (χ0) is 13.1. The van der Waals surface area contributed by atoms with Crippen molar-refractivity contribution in [3.05, 3.63) is 23.9 Å². The van der Waals surface area contributed by atoms with Crippen molar-refractivity contribution in [3.63, 3.8) is 0 Å². The third kappa shape index (κ3) is 2.48. The SMILES string of the molecule is COc1ccc(CNC2CC(=O)N(C)C2=O)cn1. The molecule has 0 aromatic carbocycles. The Kier molecular flexibility index (Phi) is 3.57. The molecule has 0 saturated carbocycles. The highest BCUT2D eigenvalue weighted by atomic mass is 16.5. The average Bonchev–Trinajstić information content (AvgIpc) is 2.64. The Hall–Kier alpha value is -1.95. The van der Waals surface area contributed by atoms with Crippen LogP contribution < -0.4 is 10.1 Å². The van der Waals surface area contributed by atoms with Gasteiger partial charge in [-0.15, -0.1) is 0 Å². The number of nitrogens with one attached hydrogen (secondary N) is 1. The van der Waals surface area contributed by atoms with Gasteiger partial charge in [-0.2, -0.15) is 0 Å². The Balaban J connectivity index is 1.91. The predicted molar refractivity (Wildman–Crippen MR) is 63.8 cm³/mol. The smallest absolute Gasteiger partial charge is 0.246 e. The molecule has 1 unspecified atom stereocenters. The van der Waals surface area contributed by atoms with Crippen molar-refractivity contribution in [2.45, 2.75) is 19.0 Å². The molecule has 1 atom stereocenters. The van der Waals surface area contributed by atoms with Gasteiger partial charge in [-0.25, -0.2) is 4.98 Å². The van der Waals surface area contributed by atoms with Crippen molar-refractivity contribution in [2.75, 3.05) is 14.2 Å². The van der Waals surface area contributed by atoms with Gasteiger partial charge in [-0.05, 0) is 5.56 Å². The first kappa shape index (κ1) is 12.5. The minimum absolute atomic E-state index is 0.148. The maximum atomic E-state index is 11.6. The van der Waals surface area contributed by atoms with Gasteiger partial charge in [0.2, 0.25) is 17.7 Å². The van der Waals surface area contributed by atoms with Crippen LogP contribution in [0.5, 0.6) is 5.88 Å². The molecule has 2 rings (SSSR count). The number of hydrogen-bond donors (Lipinski definition) is 1. The highest BCUT2D eigenvalue weighted by Crippen LogP contribution is 2.12. The number of likely N-dealkylation sites (N-methyl/N-ethyl adjacent to an activating group) is 1. The van der Waals surface area contributed by atoms with E-state index in [-0.39, 0.29) is 18.2 Å². The average molecular weight is 249 g/mol. The number of pyridine rings is 1. The fraction of sp³-hybridized carbons (Fsp3) is 0.417. The molecular formula is C12H15N3O3. The molecular weight excluding hydrogens is 234 g/mol. The second-order valence-electron chi connectivity index (χ2n) is 4.14. The molecule has 2 amide bonds. The monoisotopic (exact) mass is 249 g/mol. The lowest BCUT2D eigenvalue weighted by molar-refractivity contribution is -0.137. The van der Waals surface area contributed by atoms with E-state index in [2.05, 4.69) is 10.3 Å². The summed E-state index contributed by atoms with van der Waals surface area (Å²) in [6, 6.07) is 3.19. The number of methoxy groups -OCH3 is 1. The van der Waals surface area contributed by atoms with Gasteiger partial charge in [0.05, 0.1) is 19.6 Å². The fourth-order valence-electron chi connectivity index (χ4n) is 1.79. The molecule has 1 aliphatic heterocycles. The standard InChI is InChI=1S/C12H15N3O3/c1-15-11(16)5-9(12(15)17)13-6-8-3-4-10(18-2)14-7-8/h3-4,7,9,13H,5-6H2,1-2H3. The van der Waals surface area contributed by atoms with Gasteiger partial charge in [0.1, 0.15) is 0 Å². The summed E-state index contributed by atoms with van der Waals surface area (Å²) < 4.78 is 4.96. The number of amides is 2.